The van der Waals surface area contributed by atoms with Crippen LogP contribution in [0.4, 0.5) is 0 Å². The maximum Gasteiger partial charge on any atom is 0.0809 e. The fourth-order valence-electron chi connectivity index (χ4n) is 1.50. The van der Waals surface area contributed by atoms with Crippen LogP contribution in [0.2, 0.25) is 40.2 Å². The van der Waals surface area contributed by atoms with Gasteiger partial charge in [0.2, 0.25) is 0 Å². The average Bonchev–Trinajstić information content (AvgIpc) is 2.46. The van der Waals surface area contributed by atoms with Gasteiger partial charge < -0.3 is 0 Å². The van der Waals surface area contributed by atoms with E-state index in [4.69, 9.17) is 94.2 Å². The molecule has 0 saturated heterocycles. The molecule has 20 heavy (non-hydrogen) atoms. The number of rotatable bonds is 1. The predicted octanol–water partition coefficient (Wildman–Crippen LogP) is 8.58. The normalized spacial score (nSPS) is 11.7. The van der Waals surface area contributed by atoms with Gasteiger partial charge in [-0.3, -0.25) is 0 Å². The van der Waals surface area contributed by atoms with Crippen molar-refractivity contribution in [2.24, 2.45) is 0 Å². The van der Waals surface area contributed by atoms with E-state index in [1.54, 1.807) is 0 Å². The smallest absolute Gasteiger partial charge is 0.0809 e. The Labute approximate surface area is 156 Å². The Bertz CT molecular complexity index is 727. The summed E-state index contributed by atoms with van der Waals surface area (Å²) in [7, 11) is 0. The highest BCUT2D eigenvalue weighted by Crippen LogP contribution is 2.50. The number of hydrogen-bond acceptors (Lipinski definition) is 0. The van der Waals surface area contributed by atoms with E-state index in [1.165, 1.54) is 6.07 Å². The van der Waals surface area contributed by atoms with Gasteiger partial charge in [0.25, 0.3) is 0 Å². The highest BCUT2D eigenvalue weighted by atomic mass is 35.5. The summed E-state index contributed by atoms with van der Waals surface area (Å²) >= 11 is 48.3. The molecule has 0 aliphatic heterocycles. The van der Waals surface area contributed by atoms with Crippen LogP contribution in [0.25, 0.3) is 11.1 Å². The molecule has 2 aromatic rings. The molecular formula is C12H2Cl8. The summed E-state index contributed by atoms with van der Waals surface area (Å²) in [5.41, 5.74) is 0.515. The van der Waals surface area contributed by atoms with Gasteiger partial charge in [0, 0.05) is 11.1 Å². The molecule has 0 N–H and O–H groups in total. The summed E-state index contributed by atoms with van der Waals surface area (Å²) in [6.45, 7) is 0. The van der Waals surface area contributed by atoms with Gasteiger partial charge in [-0.1, -0.05) is 98.9 Å². The summed E-state index contributed by atoms with van der Waals surface area (Å²) < 4.78 is 7.78. The Morgan fingerprint density at radius 2 is 1.05 bits per heavy atom. The summed E-state index contributed by atoms with van der Waals surface area (Å²) in [4.78, 5) is 0. The standard InChI is InChI=1S/C12H2Cl8/c13-4-2-1-3(6(14)7(4)15)5-8(16)10(18)12(20)11(19)9(5)17/h1-2H/i2T. The molecule has 0 heterocycles. The van der Waals surface area contributed by atoms with Crippen molar-refractivity contribution in [3.8, 4) is 11.1 Å². The van der Waals surface area contributed by atoms with E-state index in [2.05, 4.69) is 0 Å². The van der Waals surface area contributed by atoms with E-state index in [-0.39, 0.29) is 57.4 Å². The molecule has 106 valence electrons. The van der Waals surface area contributed by atoms with Crippen molar-refractivity contribution in [1.29, 1.82) is 0 Å². The minimum Gasteiger partial charge on any atom is -0.0827 e. The van der Waals surface area contributed by atoms with Crippen LogP contribution in [0.5, 0.6) is 0 Å². The van der Waals surface area contributed by atoms with E-state index in [1.807, 2.05) is 0 Å². The Morgan fingerprint density at radius 1 is 0.600 bits per heavy atom. The summed E-state index contributed by atoms with van der Waals surface area (Å²) in [6.07, 6.45) is 0. The maximum absolute atomic E-state index is 7.78. The molecule has 2 aromatic carbocycles. The third-order valence-corrected chi connectivity index (χ3v) is 5.98. The number of benzene rings is 2. The van der Waals surface area contributed by atoms with Gasteiger partial charge >= 0.3 is 0 Å². The minimum atomic E-state index is -0.0459. The van der Waals surface area contributed by atoms with Crippen LogP contribution in [0.15, 0.2) is 12.1 Å². The van der Waals surface area contributed by atoms with Crippen molar-refractivity contribution in [2.45, 2.75) is 0 Å². The van der Waals surface area contributed by atoms with Crippen LogP contribution >= 0.6 is 92.8 Å². The van der Waals surface area contributed by atoms with E-state index in [0.717, 1.165) is 0 Å². The molecule has 0 aromatic heterocycles. The third-order valence-electron chi connectivity index (χ3n) is 2.44. The molecule has 0 aliphatic carbocycles. The first-order valence-corrected chi connectivity index (χ1v) is 7.86. The van der Waals surface area contributed by atoms with Crippen LogP contribution in [0.1, 0.15) is 1.37 Å². The minimum absolute atomic E-state index is 0.00941. The molecule has 0 aliphatic rings. The van der Waals surface area contributed by atoms with Crippen LogP contribution in [-0.2, 0) is 0 Å². The van der Waals surface area contributed by atoms with E-state index in [0.29, 0.717) is 0 Å². The van der Waals surface area contributed by atoms with Crippen LogP contribution in [0.3, 0.4) is 0 Å². The molecule has 0 fully saturated rings. The van der Waals surface area contributed by atoms with Gasteiger partial charge in [-0.2, -0.15) is 0 Å². The Morgan fingerprint density at radius 3 is 1.55 bits per heavy atom. The van der Waals surface area contributed by atoms with Crippen molar-refractivity contribution in [2.75, 3.05) is 0 Å². The molecule has 0 saturated carbocycles. The molecule has 0 amide bonds. The van der Waals surface area contributed by atoms with Crippen LogP contribution < -0.4 is 0 Å². The Hall–Kier alpha value is 0.760. The lowest BCUT2D eigenvalue weighted by Crippen LogP contribution is -1.88. The van der Waals surface area contributed by atoms with Gasteiger partial charge in [0.15, 0.2) is 0 Å². The highest BCUT2D eigenvalue weighted by molar-refractivity contribution is 6.57. The zero-order valence-corrected chi connectivity index (χ0v) is 15.1. The first-order valence-electron chi connectivity index (χ1n) is 5.34. The second kappa shape index (κ2) is 6.48. The molecule has 8 heteroatoms. The highest BCUT2D eigenvalue weighted by Gasteiger charge is 2.23. The molecule has 0 radical (unpaired) electrons. The molecular weight excluding hydrogens is 428 g/mol. The molecule has 0 atom stereocenters. The van der Waals surface area contributed by atoms with Crippen molar-refractivity contribution in [1.82, 2.24) is 0 Å². The van der Waals surface area contributed by atoms with Gasteiger partial charge in [-0.05, 0) is 6.04 Å². The fraction of sp³-hybridized carbons (Fsp3) is 0. The second-order valence-electron chi connectivity index (χ2n) is 3.59. The quantitative estimate of drug-likeness (QED) is 0.313. The third kappa shape index (κ3) is 2.83. The van der Waals surface area contributed by atoms with E-state index < -0.39 is 0 Å². The van der Waals surface area contributed by atoms with Gasteiger partial charge in [-0.15, -0.1) is 0 Å². The topological polar surface area (TPSA) is 0 Å². The molecule has 2 rings (SSSR count). The summed E-state index contributed by atoms with van der Waals surface area (Å²) in [6, 6.07) is 1.32. The first-order chi connectivity index (χ1) is 9.68. The van der Waals surface area contributed by atoms with E-state index in [9.17, 15) is 0 Å². The number of hydrogen-bond donors (Lipinski definition) is 0. The lowest BCUT2D eigenvalue weighted by atomic mass is 10.1. The second-order valence-corrected chi connectivity index (χ2v) is 6.61. The largest absolute Gasteiger partial charge is 0.0827 e. The number of halogens is 8. The zero-order chi connectivity index (χ0) is 16.1. The predicted molar refractivity (Wildman–Crippen MR) is 92.0 cm³/mol. The lowest BCUT2D eigenvalue weighted by molar-refractivity contribution is 1.61. The molecule has 0 nitrogen and oxygen atoms in total. The molecule has 0 bridgehead atoms. The summed E-state index contributed by atoms with van der Waals surface area (Å²) in [5, 5.41) is 0.286. The fourth-order valence-corrected chi connectivity index (χ4v) is 3.44. The lowest BCUT2D eigenvalue weighted by Gasteiger charge is -2.14. The van der Waals surface area contributed by atoms with Gasteiger partial charge in [0.1, 0.15) is 0 Å². The maximum atomic E-state index is 7.78. The Balaban J connectivity index is 2.93. The Kier molecular flexibility index (Phi) is 5.07. The monoisotopic (exact) mass is 428 g/mol. The van der Waals surface area contributed by atoms with Gasteiger partial charge in [-0.25, -0.2) is 0 Å². The van der Waals surface area contributed by atoms with Crippen molar-refractivity contribution in [3.63, 3.8) is 0 Å². The SMILES string of the molecule is [3H]c1cc(-c2c(Cl)c(Cl)c(Cl)c(Cl)c2Cl)c(Cl)c(Cl)c1Cl. The van der Waals surface area contributed by atoms with E-state index >= 15 is 0 Å². The van der Waals surface area contributed by atoms with Crippen molar-refractivity contribution < 1.29 is 1.37 Å². The van der Waals surface area contributed by atoms with Crippen molar-refractivity contribution >= 4 is 92.8 Å². The zero-order valence-electron chi connectivity index (χ0n) is 10.1. The molecule has 0 unspecified atom stereocenters. The van der Waals surface area contributed by atoms with Gasteiger partial charge in [0.05, 0.1) is 41.6 Å². The molecule has 0 spiro atoms. The average molecular weight is 432 g/mol. The first kappa shape index (κ1) is 15.6. The van der Waals surface area contributed by atoms with Crippen LogP contribution in [0, 0.1) is 0 Å². The van der Waals surface area contributed by atoms with Crippen molar-refractivity contribution in [3.05, 3.63) is 52.3 Å². The van der Waals surface area contributed by atoms with Crippen LogP contribution in [-0.4, -0.2) is 0 Å². The summed E-state index contributed by atoms with van der Waals surface area (Å²) in [5.74, 6) is 0.